The van der Waals surface area contributed by atoms with Gasteiger partial charge < -0.3 is 4.90 Å². The van der Waals surface area contributed by atoms with Crippen LogP contribution in [0.15, 0.2) is 6.07 Å². The van der Waals surface area contributed by atoms with Gasteiger partial charge in [-0.2, -0.15) is 4.98 Å². The van der Waals surface area contributed by atoms with Crippen LogP contribution in [0.4, 0.5) is 11.9 Å². The maximum atomic E-state index is 12.6. The highest BCUT2D eigenvalue weighted by Gasteiger charge is 2.27. The van der Waals surface area contributed by atoms with Crippen LogP contribution in [0.2, 0.25) is 0 Å². The summed E-state index contributed by atoms with van der Waals surface area (Å²) in [6, 6.07) is 1.97. The van der Waals surface area contributed by atoms with Crippen LogP contribution in [0, 0.1) is 33.6 Å². The van der Waals surface area contributed by atoms with Crippen molar-refractivity contribution >= 4 is 34.1 Å². The molecule has 4 heterocycles. The number of thiazole rings is 1. The fraction of sp³-hybridized carbons (Fsp3) is 0.500. The van der Waals surface area contributed by atoms with Crippen molar-refractivity contribution in [3.8, 4) is 0 Å². The summed E-state index contributed by atoms with van der Waals surface area (Å²) < 4.78 is 1.79. The van der Waals surface area contributed by atoms with Gasteiger partial charge in [0, 0.05) is 35.3 Å². The van der Waals surface area contributed by atoms with Gasteiger partial charge in [0.15, 0.2) is 0 Å². The van der Waals surface area contributed by atoms with Crippen molar-refractivity contribution in [3.05, 3.63) is 28.0 Å². The van der Waals surface area contributed by atoms with Gasteiger partial charge in [-0.1, -0.05) is 11.3 Å². The highest BCUT2D eigenvalue weighted by Crippen LogP contribution is 2.24. The lowest BCUT2D eigenvalue weighted by Gasteiger charge is -2.31. The highest BCUT2D eigenvalue weighted by molar-refractivity contribution is 7.17. The molecule has 8 nitrogen and oxygen atoms in total. The van der Waals surface area contributed by atoms with Crippen LogP contribution in [0.25, 0.3) is 4.96 Å². The summed E-state index contributed by atoms with van der Waals surface area (Å²) in [7, 11) is 0. The minimum Gasteiger partial charge on any atom is -0.341 e. The average Bonchev–Trinajstić information content (AvgIpc) is 3.13. The van der Waals surface area contributed by atoms with Gasteiger partial charge in [-0.15, -0.1) is 5.10 Å². The maximum absolute atomic E-state index is 12.6. The van der Waals surface area contributed by atoms with E-state index in [0.717, 1.165) is 53.9 Å². The molecule has 1 N–H and O–H groups in total. The quantitative estimate of drug-likeness (QED) is 0.746. The molecule has 27 heavy (non-hydrogen) atoms. The minimum absolute atomic E-state index is 0.0105. The number of piperidine rings is 1. The van der Waals surface area contributed by atoms with Crippen LogP contribution in [0.1, 0.15) is 34.8 Å². The number of hydrogen-bond acceptors (Lipinski definition) is 7. The normalized spacial score (nSPS) is 15.5. The Morgan fingerprint density at radius 1 is 1.11 bits per heavy atom. The Labute approximate surface area is 161 Å². The zero-order chi connectivity index (χ0) is 19.1. The third kappa shape index (κ3) is 3.51. The molecule has 0 spiro atoms. The molecule has 1 aliphatic heterocycles. The van der Waals surface area contributed by atoms with Crippen molar-refractivity contribution in [2.75, 3.05) is 23.3 Å². The molecule has 142 valence electrons. The highest BCUT2D eigenvalue weighted by atomic mass is 32.1. The Hall–Kier alpha value is -2.55. The number of aromatic nitrogens is 5. The topological polar surface area (TPSA) is 88.3 Å². The lowest BCUT2D eigenvalue weighted by molar-refractivity contribution is -0.120. The van der Waals surface area contributed by atoms with Crippen LogP contribution in [-0.2, 0) is 4.79 Å². The Morgan fingerprint density at radius 2 is 1.78 bits per heavy atom. The first-order valence-electron chi connectivity index (χ1n) is 9.11. The summed E-state index contributed by atoms with van der Waals surface area (Å²) >= 11 is 1.58. The van der Waals surface area contributed by atoms with E-state index in [-0.39, 0.29) is 11.8 Å². The second-order valence-corrected chi connectivity index (χ2v) is 8.26. The van der Waals surface area contributed by atoms with Gasteiger partial charge >= 0.3 is 0 Å². The van der Waals surface area contributed by atoms with Gasteiger partial charge in [0.25, 0.3) is 0 Å². The SMILES string of the molecule is Cc1cc(C)nc(N2CCC(C(=O)Nc3nc4sc(C)c(C)n4n3)CC2)n1. The van der Waals surface area contributed by atoms with E-state index in [9.17, 15) is 4.79 Å². The molecule has 0 atom stereocenters. The monoisotopic (exact) mass is 385 g/mol. The lowest BCUT2D eigenvalue weighted by atomic mass is 9.96. The van der Waals surface area contributed by atoms with E-state index in [1.54, 1.807) is 15.9 Å². The summed E-state index contributed by atoms with van der Waals surface area (Å²) in [5, 5.41) is 7.29. The molecule has 4 rings (SSSR count). The molecule has 0 unspecified atom stereocenters. The Kier molecular flexibility index (Phi) is 4.55. The minimum atomic E-state index is -0.0449. The van der Waals surface area contributed by atoms with Gasteiger partial charge in [-0.25, -0.2) is 14.5 Å². The van der Waals surface area contributed by atoms with E-state index in [1.807, 2.05) is 33.8 Å². The number of carbonyl (C=O) groups excluding carboxylic acids is 1. The first-order valence-corrected chi connectivity index (χ1v) is 9.93. The molecule has 0 aromatic carbocycles. The van der Waals surface area contributed by atoms with E-state index in [4.69, 9.17) is 0 Å². The molecule has 1 fully saturated rings. The zero-order valence-electron chi connectivity index (χ0n) is 16.0. The van der Waals surface area contributed by atoms with Crippen LogP contribution < -0.4 is 10.2 Å². The van der Waals surface area contributed by atoms with Crippen molar-refractivity contribution in [2.24, 2.45) is 5.92 Å². The summed E-state index contributed by atoms with van der Waals surface area (Å²) in [4.78, 5) is 30.2. The molecular weight excluding hydrogens is 362 g/mol. The second kappa shape index (κ2) is 6.88. The number of nitrogens with one attached hydrogen (secondary N) is 1. The molecule has 1 aliphatic rings. The second-order valence-electron chi connectivity index (χ2n) is 7.07. The van der Waals surface area contributed by atoms with E-state index >= 15 is 0 Å². The first-order chi connectivity index (χ1) is 12.9. The molecule has 0 bridgehead atoms. The fourth-order valence-electron chi connectivity index (χ4n) is 3.40. The molecule has 0 saturated carbocycles. The predicted octanol–water partition coefficient (Wildman–Crippen LogP) is 2.67. The smallest absolute Gasteiger partial charge is 0.250 e. The van der Waals surface area contributed by atoms with Gasteiger partial charge in [-0.3, -0.25) is 10.1 Å². The molecule has 1 amide bonds. The van der Waals surface area contributed by atoms with Crippen molar-refractivity contribution in [1.82, 2.24) is 24.6 Å². The summed E-state index contributed by atoms with van der Waals surface area (Å²) in [6.45, 7) is 9.54. The standard InChI is InChI=1S/C18H23N7OS/c1-10-9-11(2)20-17(19-10)24-7-5-14(6-8-24)15(26)21-16-22-18-25(23-16)12(3)13(4)27-18/h9,14H,5-8H2,1-4H3,(H,21,23,26). The Balaban J connectivity index is 1.39. The Morgan fingerprint density at radius 3 is 2.41 bits per heavy atom. The molecule has 3 aromatic heterocycles. The predicted molar refractivity (Wildman–Crippen MR) is 105 cm³/mol. The third-order valence-electron chi connectivity index (χ3n) is 5.00. The number of rotatable bonds is 3. The van der Waals surface area contributed by atoms with E-state index in [2.05, 4.69) is 30.3 Å². The van der Waals surface area contributed by atoms with E-state index in [1.165, 1.54) is 4.88 Å². The molecule has 0 aliphatic carbocycles. The van der Waals surface area contributed by atoms with E-state index < -0.39 is 0 Å². The number of aryl methyl sites for hydroxylation is 4. The molecule has 0 radical (unpaired) electrons. The number of amides is 1. The molecule has 9 heteroatoms. The van der Waals surface area contributed by atoms with Crippen molar-refractivity contribution < 1.29 is 4.79 Å². The maximum Gasteiger partial charge on any atom is 0.250 e. The largest absolute Gasteiger partial charge is 0.341 e. The van der Waals surface area contributed by atoms with Crippen molar-refractivity contribution in [1.29, 1.82) is 0 Å². The summed E-state index contributed by atoms with van der Waals surface area (Å²) in [5.41, 5.74) is 2.99. The van der Waals surface area contributed by atoms with Crippen LogP contribution in [0.5, 0.6) is 0 Å². The fourth-order valence-corrected chi connectivity index (χ4v) is 4.30. The number of carbonyl (C=O) groups is 1. The molecular formula is C18H23N7OS. The summed E-state index contributed by atoms with van der Waals surface area (Å²) in [5.74, 6) is 1.09. The number of anilines is 2. The van der Waals surface area contributed by atoms with E-state index in [0.29, 0.717) is 5.95 Å². The Bertz CT molecular complexity index is 980. The van der Waals surface area contributed by atoms with Crippen LogP contribution in [0.3, 0.4) is 0 Å². The molecule has 1 saturated heterocycles. The molecule has 3 aromatic rings. The lowest BCUT2D eigenvalue weighted by Crippen LogP contribution is -2.39. The first kappa shape index (κ1) is 17.8. The third-order valence-corrected chi connectivity index (χ3v) is 6.05. The summed E-state index contributed by atoms with van der Waals surface area (Å²) in [6.07, 6.45) is 1.53. The van der Waals surface area contributed by atoms with Crippen LogP contribution in [-0.4, -0.2) is 43.6 Å². The zero-order valence-corrected chi connectivity index (χ0v) is 16.8. The number of fused-ring (bicyclic) bond motifs is 1. The van der Waals surface area contributed by atoms with Crippen LogP contribution >= 0.6 is 11.3 Å². The van der Waals surface area contributed by atoms with Gasteiger partial charge in [0.2, 0.25) is 22.8 Å². The van der Waals surface area contributed by atoms with Crippen molar-refractivity contribution in [2.45, 2.75) is 40.5 Å². The van der Waals surface area contributed by atoms with Gasteiger partial charge in [-0.05, 0) is 46.6 Å². The van der Waals surface area contributed by atoms with Crippen molar-refractivity contribution in [3.63, 3.8) is 0 Å². The van der Waals surface area contributed by atoms with Gasteiger partial charge in [0.05, 0.1) is 5.69 Å². The van der Waals surface area contributed by atoms with Gasteiger partial charge in [0.1, 0.15) is 0 Å². The number of nitrogens with zero attached hydrogens (tertiary/aromatic N) is 6. The average molecular weight is 385 g/mol. The number of hydrogen-bond donors (Lipinski definition) is 1.